The fourth-order valence-corrected chi connectivity index (χ4v) is 3.06. The van der Waals surface area contributed by atoms with Gasteiger partial charge in [-0.2, -0.15) is 5.10 Å². The van der Waals surface area contributed by atoms with Gasteiger partial charge in [-0.05, 0) is 24.5 Å². The number of rotatable bonds is 6. The molecule has 6 heteroatoms. The van der Waals surface area contributed by atoms with Crippen LogP contribution in [-0.2, 0) is 14.3 Å². The van der Waals surface area contributed by atoms with Gasteiger partial charge in [-0.1, -0.05) is 55.5 Å². The van der Waals surface area contributed by atoms with Gasteiger partial charge in [0.1, 0.15) is 5.82 Å². The molecule has 2 atom stereocenters. The van der Waals surface area contributed by atoms with Crippen molar-refractivity contribution in [2.24, 2.45) is 11.8 Å². The summed E-state index contributed by atoms with van der Waals surface area (Å²) >= 11 is 0. The van der Waals surface area contributed by atoms with Crippen LogP contribution in [0.4, 0.5) is 5.82 Å². The third-order valence-corrected chi connectivity index (χ3v) is 4.80. The van der Waals surface area contributed by atoms with Crippen molar-refractivity contribution < 1.29 is 14.3 Å². The molecule has 1 heterocycles. The van der Waals surface area contributed by atoms with Gasteiger partial charge in [0, 0.05) is 11.6 Å². The van der Waals surface area contributed by atoms with Gasteiger partial charge in [-0.25, -0.2) is 4.68 Å². The maximum atomic E-state index is 12.3. The lowest BCUT2D eigenvalue weighted by Gasteiger charge is -2.09. The Morgan fingerprint density at radius 1 is 1.11 bits per heavy atom. The SMILES string of the molecule is C[C@H]1C[C@H]1C(=O)OCC(=O)Nc1cc(-c2ccccc2)nn1-c1ccccc1. The highest BCUT2D eigenvalue weighted by atomic mass is 16.5. The molecule has 1 aliphatic carbocycles. The summed E-state index contributed by atoms with van der Waals surface area (Å²) in [7, 11) is 0. The molecule has 0 aliphatic heterocycles. The Hall–Kier alpha value is -3.41. The molecule has 28 heavy (non-hydrogen) atoms. The average Bonchev–Trinajstić information content (AvgIpc) is 3.32. The molecule has 142 valence electrons. The second kappa shape index (κ2) is 7.68. The van der Waals surface area contributed by atoms with E-state index >= 15 is 0 Å². The van der Waals surface area contributed by atoms with Crippen molar-refractivity contribution in [3.05, 3.63) is 66.7 Å². The van der Waals surface area contributed by atoms with Crippen LogP contribution < -0.4 is 5.32 Å². The van der Waals surface area contributed by atoms with E-state index in [-0.39, 0.29) is 18.5 Å². The van der Waals surface area contributed by atoms with Gasteiger partial charge in [0.25, 0.3) is 5.91 Å². The molecule has 1 amide bonds. The number of hydrogen-bond donors (Lipinski definition) is 1. The molecule has 4 rings (SSSR count). The van der Waals surface area contributed by atoms with Crippen LogP contribution in [0.25, 0.3) is 16.9 Å². The first-order valence-electron chi connectivity index (χ1n) is 9.29. The predicted molar refractivity (Wildman–Crippen MR) is 106 cm³/mol. The Morgan fingerprint density at radius 2 is 1.75 bits per heavy atom. The van der Waals surface area contributed by atoms with Gasteiger partial charge in [0.05, 0.1) is 17.3 Å². The van der Waals surface area contributed by atoms with E-state index in [9.17, 15) is 9.59 Å². The Balaban J connectivity index is 1.54. The van der Waals surface area contributed by atoms with Crippen molar-refractivity contribution in [2.75, 3.05) is 11.9 Å². The second-order valence-electron chi connectivity index (χ2n) is 7.00. The van der Waals surface area contributed by atoms with Crippen molar-refractivity contribution >= 4 is 17.7 Å². The Morgan fingerprint density at radius 3 is 2.39 bits per heavy atom. The first-order chi connectivity index (χ1) is 13.6. The Labute approximate surface area is 163 Å². The van der Waals surface area contributed by atoms with E-state index < -0.39 is 5.91 Å². The van der Waals surface area contributed by atoms with Gasteiger partial charge < -0.3 is 10.1 Å². The lowest BCUT2D eigenvalue weighted by atomic mass is 10.2. The van der Waals surface area contributed by atoms with Crippen LogP contribution in [0.15, 0.2) is 66.7 Å². The van der Waals surface area contributed by atoms with Gasteiger partial charge in [0.2, 0.25) is 0 Å². The normalized spacial score (nSPS) is 17.8. The Bertz CT molecular complexity index is 983. The monoisotopic (exact) mass is 375 g/mol. The molecule has 2 aromatic carbocycles. The van der Waals surface area contributed by atoms with Crippen LogP contribution in [0.1, 0.15) is 13.3 Å². The summed E-state index contributed by atoms with van der Waals surface area (Å²) < 4.78 is 6.80. The summed E-state index contributed by atoms with van der Waals surface area (Å²) in [6.07, 6.45) is 0.835. The zero-order valence-corrected chi connectivity index (χ0v) is 15.5. The number of ether oxygens (including phenoxy) is 1. The highest BCUT2D eigenvalue weighted by Crippen LogP contribution is 2.38. The number of carbonyl (C=O) groups is 2. The molecule has 0 radical (unpaired) electrons. The van der Waals surface area contributed by atoms with Crippen LogP contribution in [0.3, 0.4) is 0 Å². The molecule has 1 aliphatic rings. The van der Waals surface area contributed by atoms with E-state index in [1.54, 1.807) is 4.68 Å². The van der Waals surface area contributed by atoms with Crippen molar-refractivity contribution in [1.29, 1.82) is 0 Å². The Kier molecular flexibility index (Phi) is 4.93. The van der Waals surface area contributed by atoms with Crippen LogP contribution in [0.5, 0.6) is 0 Å². The number of nitrogens with one attached hydrogen (secondary N) is 1. The summed E-state index contributed by atoms with van der Waals surface area (Å²) in [5.74, 6) is 0.115. The molecular formula is C22H21N3O3. The largest absolute Gasteiger partial charge is 0.455 e. The number of nitrogens with zero attached hydrogens (tertiary/aromatic N) is 2. The highest BCUT2D eigenvalue weighted by Gasteiger charge is 2.40. The fourth-order valence-electron chi connectivity index (χ4n) is 3.06. The number of esters is 1. The van der Waals surface area contributed by atoms with Crippen LogP contribution >= 0.6 is 0 Å². The number of anilines is 1. The van der Waals surface area contributed by atoms with E-state index in [4.69, 9.17) is 4.74 Å². The van der Waals surface area contributed by atoms with Gasteiger partial charge in [-0.15, -0.1) is 0 Å². The first-order valence-corrected chi connectivity index (χ1v) is 9.29. The maximum absolute atomic E-state index is 12.3. The molecule has 0 unspecified atom stereocenters. The number of carbonyl (C=O) groups excluding carboxylic acids is 2. The first kappa shape index (κ1) is 18.0. The summed E-state index contributed by atoms with van der Waals surface area (Å²) in [5, 5.41) is 7.45. The van der Waals surface area contributed by atoms with Crippen molar-refractivity contribution in [2.45, 2.75) is 13.3 Å². The smallest absolute Gasteiger partial charge is 0.309 e. The van der Waals surface area contributed by atoms with E-state index in [0.717, 1.165) is 23.4 Å². The summed E-state index contributed by atoms with van der Waals surface area (Å²) in [4.78, 5) is 24.2. The van der Waals surface area contributed by atoms with Gasteiger partial charge in [-0.3, -0.25) is 9.59 Å². The van der Waals surface area contributed by atoms with E-state index in [0.29, 0.717) is 11.7 Å². The molecule has 1 saturated carbocycles. The molecule has 3 aromatic rings. The minimum absolute atomic E-state index is 0.0627. The van der Waals surface area contributed by atoms with E-state index in [1.165, 1.54) is 0 Å². The average molecular weight is 375 g/mol. The van der Waals surface area contributed by atoms with Crippen molar-refractivity contribution in [3.8, 4) is 16.9 Å². The summed E-state index contributed by atoms with van der Waals surface area (Å²) in [5.41, 5.74) is 2.51. The number of benzene rings is 2. The lowest BCUT2D eigenvalue weighted by Crippen LogP contribution is -2.23. The fraction of sp³-hybridized carbons (Fsp3) is 0.227. The number of hydrogen-bond acceptors (Lipinski definition) is 4. The molecule has 6 nitrogen and oxygen atoms in total. The van der Waals surface area contributed by atoms with Crippen molar-refractivity contribution in [1.82, 2.24) is 9.78 Å². The van der Waals surface area contributed by atoms with Crippen LogP contribution in [0.2, 0.25) is 0 Å². The van der Waals surface area contributed by atoms with Gasteiger partial charge >= 0.3 is 5.97 Å². The van der Waals surface area contributed by atoms with Crippen LogP contribution in [0, 0.1) is 11.8 Å². The highest BCUT2D eigenvalue weighted by molar-refractivity contribution is 5.93. The minimum atomic E-state index is -0.390. The van der Waals surface area contributed by atoms with E-state index in [1.807, 2.05) is 73.7 Å². The number of amides is 1. The van der Waals surface area contributed by atoms with E-state index in [2.05, 4.69) is 10.4 Å². The maximum Gasteiger partial charge on any atom is 0.309 e. The topological polar surface area (TPSA) is 73.2 Å². The third kappa shape index (κ3) is 3.96. The predicted octanol–water partition coefficient (Wildman–Crippen LogP) is 3.68. The van der Waals surface area contributed by atoms with Crippen LogP contribution in [-0.4, -0.2) is 28.3 Å². The second-order valence-corrected chi connectivity index (χ2v) is 7.00. The van der Waals surface area contributed by atoms with Gasteiger partial charge in [0.15, 0.2) is 6.61 Å². The third-order valence-electron chi connectivity index (χ3n) is 4.80. The summed E-state index contributed by atoms with van der Waals surface area (Å²) in [6, 6.07) is 21.1. The molecule has 1 aromatic heterocycles. The zero-order chi connectivity index (χ0) is 19.5. The minimum Gasteiger partial charge on any atom is -0.455 e. The lowest BCUT2D eigenvalue weighted by molar-refractivity contribution is -0.148. The molecular weight excluding hydrogens is 354 g/mol. The molecule has 1 fully saturated rings. The molecule has 0 saturated heterocycles. The molecule has 0 spiro atoms. The molecule has 0 bridgehead atoms. The quantitative estimate of drug-likeness (QED) is 0.667. The number of aromatic nitrogens is 2. The molecule has 1 N–H and O–H groups in total. The van der Waals surface area contributed by atoms with Crippen molar-refractivity contribution in [3.63, 3.8) is 0 Å². The summed E-state index contributed by atoms with van der Waals surface area (Å²) in [6.45, 7) is 1.69. The standard InChI is InChI=1S/C22H21N3O3/c1-15-12-18(15)22(27)28-14-21(26)23-20-13-19(16-8-4-2-5-9-16)24-25(20)17-10-6-3-7-11-17/h2-11,13,15,18H,12,14H2,1H3,(H,23,26)/t15-,18+/m0/s1. The zero-order valence-electron chi connectivity index (χ0n) is 15.5. The number of para-hydroxylation sites is 1.